The topological polar surface area (TPSA) is 61.8 Å². The molecule has 0 aromatic rings. The van der Waals surface area contributed by atoms with Crippen LogP contribution in [0.3, 0.4) is 0 Å². The number of carbonyl (C=O) groups excluding carboxylic acids is 2. The molecular weight excluding hydrogens is 232 g/mol. The van der Waals surface area contributed by atoms with Crippen LogP contribution >= 0.6 is 11.8 Å². The van der Waals surface area contributed by atoms with E-state index in [1.807, 2.05) is 6.92 Å². The van der Waals surface area contributed by atoms with Gasteiger partial charge in [-0.15, -0.1) is 0 Å². The first-order chi connectivity index (χ1) is 7.61. The highest BCUT2D eigenvalue weighted by atomic mass is 32.2. The average molecular weight is 248 g/mol. The first-order valence-electron chi connectivity index (χ1n) is 5.21. The average Bonchev–Trinajstić information content (AvgIpc) is 2.62. The normalized spacial score (nSPS) is 24.1. The summed E-state index contributed by atoms with van der Waals surface area (Å²) in [6, 6.07) is 0. The Morgan fingerprint density at radius 2 is 2.25 bits per heavy atom. The second-order valence-electron chi connectivity index (χ2n) is 3.37. The van der Waals surface area contributed by atoms with E-state index < -0.39 is 0 Å². The third-order valence-corrected chi connectivity index (χ3v) is 2.97. The number of carbonyl (C=O) groups is 2. The number of hydrogen-bond donors (Lipinski definition) is 0. The molecule has 0 spiro atoms. The highest BCUT2D eigenvalue weighted by Crippen LogP contribution is 2.28. The summed E-state index contributed by atoms with van der Waals surface area (Å²) in [7, 11) is 0. The lowest BCUT2D eigenvalue weighted by Gasteiger charge is -2.09. The molecule has 1 aliphatic heterocycles. The van der Waals surface area contributed by atoms with Gasteiger partial charge in [0.05, 0.1) is 6.61 Å². The zero-order valence-electron chi connectivity index (χ0n) is 9.43. The monoisotopic (exact) mass is 248 g/mol. The summed E-state index contributed by atoms with van der Waals surface area (Å²) in [6.45, 7) is 3.83. The van der Waals surface area contributed by atoms with Gasteiger partial charge in [0, 0.05) is 13.3 Å². The smallest absolute Gasteiger partial charge is 0.305 e. The van der Waals surface area contributed by atoms with Crippen molar-refractivity contribution in [1.82, 2.24) is 0 Å². The molecule has 1 heterocycles. The third kappa shape index (κ3) is 4.85. The largest absolute Gasteiger partial charge is 0.462 e. The van der Waals surface area contributed by atoms with Gasteiger partial charge < -0.3 is 14.2 Å². The Kier molecular flexibility index (Phi) is 5.62. The van der Waals surface area contributed by atoms with Gasteiger partial charge in [-0.05, 0) is 6.42 Å². The van der Waals surface area contributed by atoms with Crippen molar-refractivity contribution in [2.75, 3.05) is 13.2 Å². The van der Waals surface area contributed by atoms with Crippen LogP contribution in [-0.4, -0.2) is 36.0 Å². The van der Waals surface area contributed by atoms with Gasteiger partial charge >= 0.3 is 11.9 Å². The summed E-state index contributed by atoms with van der Waals surface area (Å²) in [4.78, 5) is 21.8. The molecule has 0 saturated carbocycles. The molecule has 1 rings (SSSR count). The number of esters is 2. The van der Waals surface area contributed by atoms with Crippen LogP contribution in [0.2, 0.25) is 0 Å². The molecule has 5 nitrogen and oxygen atoms in total. The molecule has 0 bridgehead atoms. The van der Waals surface area contributed by atoms with Gasteiger partial charge in [-0.3, -0.25) is 9.59 Å². The lowest BCUT2D eigenvalue weighted by Crippen LogP contribution is -2.15. The fourth-order valence-corrected chi connectivity index (χ4v) is 2.20. The summed E-state index contributed by atoms with van der Waals surface area (Å²) in [6.07, 6.45) is 1.19. The predicted octanol–water partition coefficient (Wildman–Crippen LogP) is 1.31. The highest BCUT2D eigenvalue weighted by molar-refractivity contribution is 8.00. The van der Waals surface area contributed by atoms with Crippen LogP contribution in [-0.2, 0) is 23.8 Å². The van der Waals surface area contributed by atoms with Gasteiger partial charge in [-0.1, -0.05) is 18.7 Å². The van der Waals surface area contributed by atoms with Crippen molar-refractivity contribution in [1.29, 1.82) is 0 Å². The predicted molar refractivity (Wildman–Crippen MR) is 58.8 cm³/mol. The fraction of sp³-hybridized carbons (Fsp3) is 0.800. The molecule has 0 radical (unpaired) electrons. The van der Waals surface area contributed by atoms with E-state index in [9.17, 15) is 9.59 Å². The maximum Gasteiger partial charge on any atom is 0.305 e. The summed E-state index contributed by atoms with van der Waals surface area (Å²) in [5.41, 5.74) is -0.516. The van der Waals surface area contributed by atoms with Crippen LogP contribution in [0.25, 0.3) is 0 Å². The van der Waals surface area contributed by atoms with E-state index in [0.29, 0.717) is 13.0 Å². The van der Waals surface area contributed by atoms with E-state index in [1.54, 1.807) is 0 Å². The van der Waals surface area contributed by atoms with Crippen LogP contribution in [0, 0.1) is 0 Å². The first-order valence-corrected chi connectivity index (χ1v) is 6.16. The van der Waals surface area contributed by atoms with Crippen molar-refractivity contribution in [3.63, 3.8) is 0 Å². The van der Waals surface area contributed by atoms with Crippen LogP contribution in [0.15, 0.2) is 0 Å². The lowest BCUT2D eigenvalue weighted by molar-refractivity contribution is -0.146. The van der Waals surface area contributed by atoms with Crippen molar-refractivity contribution in [2.45, 2.75) is 37.6 Å². The van der Waals surface area contributed by atoms with Gasteiger partial charge in [0.2, 0.25) is 0 Å². The second-order valence-corrected chi connectivity index (χ2v) is 4.69. The zero-order chi connectivity index (χ0) is 12.0. The maximum atomic E-state index is 11.1. The molecule has 92 valence electrons. The molecule has 0 aromatic carbocycles. The Hall–Kier alpha value is -0.750. The highest BCUT2D eigenvalue weighted by Gasteiger charge is 2.29. The summed E-state index contributed by atoms with van der Waals surface area (Å²) < 4.78 is 15.3. The molecular formula is C10H16O5S. The Labute approximate surface area is 98.8 Å². The molecule has 0 N–H and O–H groups in total. The molecule has 2 unspecified atom stereocenters. The molecule has 1 aliphatic rings. The van der Waals surface area contributed by atoms with E-state index >= 15 is 0 Å². The number of ether oxygens (including phenoxy) is 3. The van der Waals surface area contributed by atoms with Gasteiger partial charge in [0.1, 0.15) is 12.0 Å². The van der Waals surface area contributed by atoms with Crippen molar-refractivity contribution < 1.29 is 23.8 Å². The van der Waals surface area contributed by atoms with Crippen molar-refractivity contribution >= 4 is 23.7 Å². The minimum Gasteiger partial charge on any atom is -0.462 e. The van der Waals surface area contributed by atoms with Gasteiger partial charge in [-0.25, -0.2) is 0 Å². The Morgan fingerprint density at radius 3 is 2.88 bits per heavy atom. The van der Waals surface area contributed by atoms with E-state index in [-0.39, 0.29) is 29.4 Å². The summed E-state index contributed by atoms with van der Waals surface area (Å²) in [5, 5.41) is 0. The minimum absolute atomic E-state index is 0.210. The third-order valence-electron chi connectivity index (χ3n) is 1.85. The Morgan fingerprint density at radius 1 is 1.50 bits per heavy atom. The van der Waals surface area contributed by atoms with Gasteiger partial charge in [0.15, 0.2) is 5.44 Å². The Bertz CT molecular complexity index is 256. The van der Waals surface area contributed by atoms with Crippen LogP contribution < -0.4 is 0 Å². The number of thioether (sulfide) groups is 1. The number of hydrogen-bond acceptors (Lipinski definition) is 6. The van der Waals surface area contributed by atoms with Crippen molar-refractivity contribution in [2.24, 2.45) is 0 Å². The standard InChI is InChI=1S/C10H16O5S/c1-3-4-8(12)13-5-9-14-6-10(16-9)15-7(2)11/h9-10H,3-6H2,1-2H3. The second kappa shape index (κ2) is 6.75. The molecule has 2 atom stereocenters. The van der Waals surface area contributed by atoms with E-state index in [0.717, 1.165) is 6.42 Å². The first kappa shape index (κ1) is 13.3. The van der Waals surface area contributed by atoms with E-state index in [4.69, 9.17) is 14.2 Å². The van der Waals surface area contributed by atoms with Crippen LogP contribution in [0.4, 0.5) is 0 Å². The van der Waals surface area contributed by atoms with Gasteiger partial charge in [0.25, 0.3) is 0 Å². The molecule has 0 aliphatic carbocycles. The van der Waals surface area contributed by atoms with Gasteiger partial charge in [-0.2, -0.15) is 0 Å². The van der Waals surface area contributed by atoms with Crippen LogP contribution in [0.1, 0.15) is 26.7 Å². The Balaban J connectivity index is 2.16. The fourth-order valence-electron chi connectivity index (χ4n) is 1.21. The van der Waals surface area contributed by atoms with E-state index in [2.05, 4.69) is 0 Å². The summed E-state index contributed by atoms with van der Waals surface area (Å²) >= 11 is 1.36. The molecule has 16 heavy (non-hydrogen) atoms. The quantitative estimate of drug-likeness (QED) is 0.684. The molecule has 6 heteroatoms. The molecule has 0 aromatic heterocycles. The SMILES string of the molecule is CCCC(=O)OCC1OCC(OC(C)=O)S1. The van der Waals surface area contributed by atoms with E-state index in [1.165, 1.54) is 18.7 Å². The number of rotatable bonds is 5. The molecule has 0 amide bonds. The lowest BCUT2D eigenvalue weighted by atomic mass is 10.3. The summed E-state index contributed by atoms with van der Waals surface area (Å²) in [5.74, 6) is -0.549. The maximum absolute atomic E-state index is 11.1. The molecule has 1 fully saturated rings. The van der Waals surface area contributed by atoms with Crippen molar-refractivity contribution in [3.8, 4) is 0 Å². The molecule has 1 saturated heterocycles. The van der Waals surface area contributed by atoms with Crippen LogP contribution in [0.5, 0.6) is 0 Å². The minimum atomic E-state index is -0.329. The van der Waals surface area contributed by atoms with Crippen molar-refractivity contribution in [3.05, 3.63) is 0 Å². The zero-order valence-corrected chi connectivity index (χ0v) is 10.2.